The SMILES string of the molecule is COc1cc(OC)cc(C(NC(=O)c2cc(C)n(-c3ccc(Cl)cc3)c2C)c2nccn2C)c1. The summed E-state index contributed by atoms with van der Waals surface area (Å²) < 4.78 is 14.8. The molecule has 7 nitrogen and oxygen atoms in total. The number of ether oxygens (including phenoxy) is 2. The normalized spacial score (nSPS) is 11.8. The van der Waals surface area contributed by atoms with Crippen molar-refractivity contribution in [3.63, 3.8) is 0 Å². The fourth-order valence-electron chi connectivity index (χ4n) is 4.14. The van der Waals surface area contributed by atoms with Gasteiger partial charge in [-0.15, -0.1) is 0 Å². The standard InChI is InChI=1S/C26H27ClN4O3/c1-16-12-23(17(2)31(16)20-8-6-19(27)7-9-20)26(32)29-24(25-28-10-11-30(25)3)18-13-21(33-4)15-22(14-18)34-5/h6-15,24H,1-5H3,(H,29,32). The molecule has 0 aliphatic rings. The summed E-state index contributed by atoms with van der Waals surface area (Å²) in [6.07, 6.45) is 3.55. The molecule has 0 aliphatic heterocycles. The summed E-state index contributed by atoms with van der Waals surface area (Å²) in [5.41, 5.74) is 4.10. The third-order valence-electron chi connectivity index (χ3n) is 5.86. The van der Waals surface area contributed by atoms with E-state index in [1.165, 1.54) is 0 Å². The van der Waals surface area contributed by atoms with Crippen LogP contribution in [0.3, 0.4) is 0 Å². The Hall–Kier alpha value is -3.71. The Bertz CT molecular complexity index is 1300. The number of amides is 1. The molecule has 0 bridgehead atoms. The molecular weight excluding hydrogens is 452 g/mol. The molecule has 0 spiro atoms. The highest BCUT2D eigenvalue weighted by molar-refractivity contribution is 6.30. The molecule has 34 heavy (non-hydrogen) atoms. The number of methoxy groups -OCH3 is 2. The van der Waals surface area contributed by atoms with E-state index >= 15 is 0 Å². The van der Waals surface area contributed by atoms with Crippen molar-refractivity contribution in [1.82, 2.24) is 19.4 Å². The van der Waals surface area contributed by atoms with Gasteiger partial charge in [0.25, 0.3) is 5.91 Å². The Balaban J connectivity index is 1.74. The fraction of sp³-hybridized carbons (Fsp3) is 0.231. The summed E-state index contributed by atoms with van der Waals surface area (Å²) >= 11 is 6.06. The molecule has 2 aromatic heterocycles. The highest BCUT2D eigenvalue weighted by atomic mass is 35.5. The molecule has 2 heterocycles. The molecular formula is C26H27ClN4O3. The van der Waals surface area contributed by atoms with E-state index in [0.717, 1.165) is 22.6 Å². The number of hydrogen-bond donors (Lipinski definition) is 1. The van der Waals surface area contributed by atoms with Crippen molar-refractivity contribution in [2.24, 2.45) is 7.05 Å². The molecule has 0 fully saturated rings. The zero-order chi connectivity index (χ0) is 24.4. The number of hydrogen-bond acceptors (Lipinski definition) is 4. The molecule has 4 rings (SSSR count). The number of carbonyl (C=O) groups excluding carboxylic acids is 1. The summed E-state index contributed by atoms with van der Waals surface area (Å²) in [5.74, 6) is 1.74. The highest BCUT2D eigenvalue weighted by Crippen LogP contribution is 2.30. The Labute approximate surface area is 203 Å². The monoisotopic (exact) mass is 478 g/mol. The molecule has 0 saturated carbocycles. The Morgan fingerprint density at radius 3 is 2.24 bits per heavy atom. The number of benzene rings is 2. The van der Waals surface area contributed by atoms with Crippen LogP contribution in [0.15, 0.2) is 60.9 Å². The molecule has 0 saturated heterocycles. The topological polar surface area (TPSA) is 70.3 Å². The van der Waals surface area contributed by atoms with Gasteiger partial charge in [-0.2, -0.15) is 0 Å². The third kappa shape index (κ3) is 4.52. The van der Waals surface area contributed by atoms with Gasteiger partial charge in [-0.05, 0) is 61.9 Å². The quantitative estimate of drug-likeness (QED) is 0.405. The van der Waals surface area contributed by atoms with E-state index in [0.29, 0.717) is 27.9 Å². The van der Waals surface area contributed by atoms with E-state index in [9.17, 15) is 4.79 Å². The molecule has 0 aliphatic carbocycles. The minimum absolute atomic E-state index is 0.205. The minimum atomic E-state index is -0.518. The second-order valence-electron chi connectivity index (χ2n) is 8.05. The number of imidazole rings is 1. The first-order valence-corrected chi connectivity index (χ1v) is 11.2. The Kier molecular flexibility index (Phi) is 6.65. The predicted octanol–water partition coefficient (Wildman–Crippen LogP) is 5.02. The molecule has 1 atom stereocenters. The lowest BCUT2D eigenvalue weighted by molar-refractivity contribution is 0.0940. The minimum Gasteiger partial charge on any atom is -0.497 e. The van der Waals surface area contributed by atoms with Crippen LogP contribution in [-0.2, 0) is 7.05 Å². The second-order valence-corrected chi connectivity index (χ2v) is 8.48. The van der Waals surface area contributed by atoms with Crippen LogP contribution in [0, 0.1) is 13.8 Å². The van der Waals surface area contributed by atoms with Crippen LogP contribution in [0.5, 0.6) is 11.5 Å². The van der Waals surface area contributed by atoms with Crippen LogP contribution in [0.1, 0.15) is 39.2 Å². The van der Waals surface area contributed by atoms with Crippen LogP contribution in [-0.4, -0.2) is 34.2 Å². The number of nitrogens with zero attached hydrogens (tertiary/aromatic N) is 3. The summed E-state index contributed by atoms with van der Waals surface area (Å²) in [6, 6.07) is 14.5. The van der Waals surface area contributed by atoms with E-state index in [1.807, 2.05) is 78.7 Å². The first-order chi connectivity index (χ1) is 16.3. The highest BCUT2D eigenvalue weighted by Gasteiger charge is 2.25. The number of nitrogens with one attached hydrogen (secondary N) is 1. The molecule has 1 N–H and O–H groups in total. The van der Waals surface area contributed by atoms with Gasteiger partial charge in [0.1, 0.15) is 23.4 Å². The molecule has 1 unspecified atom stereocenters. The van der Waals surface area contributed by atoms with Gasteiger partial charge in [0.15, 0.2) is 0 Å². The van der Waals surface area contributed by atoms with E-state index < -0.39 is 6.04 Å². The molecule has 2 aromatic carbocycles. The fourth-order valence-corrected chi connectivity index (χ4v) is 4.26. The summed E-state index contributed by atoms with van der Waals surface area (Å²) in [4.78, 5) is 18.1. The lowest BCUT2D eigenvalue weighted by Crippen LogP contribution is -2.31. The number of halogens is 1. The second kappa shape index (κ2) is 9.65. The van der Waals surface area contributed by atoms with Crippen LogP contribution >= 0.6 is 11.6 Å². The lowest BCUT2D eigenvalue weighted by Gasteiger charge is -2.20. The molecule has 1 amide bonds. The average molecular weight is 479 g/mol. The molecule has 0 radical (unpaired) electrons. The van der Waals surface area contributed by atoms with Crippen molar-refractivity contribution in [3.8, 4) is 17.2 Å². The van der Waals surface area contributed by atoms with Crippen LogP contribution in [0.4, 0.5) is 0 Å². The largest absolute Gasteiger partial charge is 0.497 e. The lowest BCUT2D eigenvalue weighted by atomic mass is 10.0. The van der Waals surface area contributed by atoms with Crippen molar-refractivity contribution < 1.29 is 14.3 Å². The number of aryl methyl sites for hydroxylation is 2. The van der Waals surface area contributed by atoms with Crippen molar-refractivity contribution >= 4 is 17.5 Å². The summed E-state index contributed by atoms with van der Waals surface area (Å²) in [6.45, 7) is 3.91. The van der Waals surface area contributed by atoms with Crippen LogP contribution in [0.2, 0.25) is 5.02 Å². The number of rotatable bonds is 7. The van der Waals surface area contributed by atoms with E-state index in [2.05, 4.69) is 10.3 Å². The van der Waals surface area contributed by atoms with Crippen molar-refractivity contribution in [3.05, 3.63) is 94.3 Å². The maximum Gasteiger partial charge on any atom is 0.253 e. The van der Waals surface area contributed by atoms with E-state index in [-0.39, 0.29) is 5.91 Å². The first-order valence-electron chi connectivity index (χ1n) is 10.8. The average Bonchev–Trinajstić information content (AvgIpc) is 3.39. The van der Waals surface area contributed by atoms with E-state index in [4.69, 9.17) is 21.1 Å². The maximum absolute atomic E-state index is 13.6. The van der Waals surface area contributed by atoms with Crippen molar-refractivity contribution in [2.45, 2.75) is 19.9 Å². The van der Waals surface area contributed by atoms with Crippen LogP contribution < -0.4 is 14.8 Å². The van der Waals surface area contributed by atoms with Gasteiger partial charge in [0.2, 0.25) is 0 Å². The van der Waals surface area contributed by atoms with Gasteiger partial charge in [0.05, 0.1) is 19.8 Å². The van der Waals surface area contributed by atoms with Gasteiger partial charge >= 0.3 is 0 Å². The Morgan fingerprint density at radius 2 is 1.68 bits per heavy atom. The maximum atomic E-state index is 13.6. The van der Waals surface area contributed by atoms with Gasteiger partial charge < -0.3 is 23.9 Å². The van der Waals surface area contributed by atoms with Crippen molar-refractivity contribution in [2.75, 3.05) is 14.2 Å². The molecule has 8 heteroatoms. The summed E-state index contributed by atoms with van der Waals surface area (Å²) in [5, 5.41) is 3.83. The van der Waals surface area contributed by atoms with Gasteiger partial charge in [-0.3, -0.25) is 4.79 Å². The number of aromatic nitrogens is 3. The summed E-state index contributed by atoms with van der Waals surface area (Å²) in [7, 11) is 5.09. The van der Waals surface area contributed by atoms with Gasteiger partial charge in [-0.25, -0.2) is 4.98 Å². The third-order valence-corrected chi connectivity index (χ3v) is 6.11. The van der Waals surface area contributed by atoms with E-state index in [1.54, 1.807) is 26.5 Å². The predicted molar refractivity (Wildman–Crippen MR) is 132 cm³/mol. The van der Waals surface area contributed by atoms with Crippen molar-refractivity contribution in [1.29, 1.82) is 0 Å². The smallest absolute Gasteiger partial charge is 0.253 e. The molecule has 176 valence electrons. The molecule has 4 aromatic rings. The number of carbonyl (C=O) groups is 1. The first kappa shape index (κ1) is 23.4. The van der Waals surface area contributed by atoms with Crippen LogP contribution in [0.25, 0.3) is 5.69 Å². The zero-order valence-corrected chi connectivity index (χ0v) is 20.6. The zero-order valence-electron chi connectivity index (χ0n) is 19.8. The Morgan fingerprint density at radius 1 is 1.03 bits per heavy atom. The van der Waals surface area contributed by atoms with Gasteiger partial charge in [0, 0.05) is 47.6 Å². The van der Waals surface area contributed by atoms with Gasteiger partial charge in [-0.1, -0.05) is 11.6 Å².